The first-order valence-electron chi connectivity index (χ1n) is 7.31. The molecule has 2 aliphatic rings. The predicted molar refractivity (Wildman–Crippen MR) is 89.3 cm³/mol. The molecule has 0 amide bonds. The van der Waals surface area contributed by atoms with Gasteiger partial charge in [0.05, 0.1) is 17.8 Å². The minimum Gasteiger partial charge on any atom is -0.304 e. The summed E-state index contributed by atoms with van der Waals surface area (Å²) in [5, 5.41) is 8.86. The molecule has 23 heavy (non-hydrogen) atoms. The number of nitrogens with one attached hydrogen (secondary N) is 1. The van der Waals surface area contributed by atoms with Gasteiger partial charge in [0.15, 0.2) is 0 Å². The van der Waals surface area contributed by atoms with Crippen molar-refractivity contribution in [1.29, 1.82) is 5.41 Å². The zero-order chi connectivity index (χ0) is 16.6. The molecular formula is C18H15ClF2N2. The quantitative estimate of drug-likeness (QED) is 0.776. The number of allylic oxidation sites excluding steroid dienone is 5. The van der Waals surface area contributed by atoms with Crippen molar-refractivity contribution in [3.05, 3.63) is 70.3 Å². The fraction of sp³-hybridized carbons (Fsp3) is 0.222. The lowest BCUT2D eigenvalue weighted by atomic mass is 9.78. The average Bonchev–Trinajstić information content (AvgIpc) is 2.65. The van der Waals surface area contributed by atoms with E-state index in [1.54, 1.807) is 18.2 Å². The summed E-state index contributed by atoms with van der Waals surface area (Å²) in [5.41, 5.74) is 1.32. The van der Waals surface area contributed by atoms with Gasteiger partial charge in [-0.2, -0.15) is 0 Å². The first-order chi connectivity index (χ1) is 11.0. The van der Waals surface area contributed by atoms with Gasteiger partial charge in [-0.25, -0.2) is 8.78 Å². The van der Waals surface area contributed by atoms with E-state index in [9.17, 15) is 8.78 Å². The minimum atomic E-state index is -0.656. The van der Waals surface area contributed by atoms with Crippen LogP contribution in [0, 0.1) is 28.9 Å². The van der Waals surface area contributed by atoms with Crippen LogP contribution in [0.25, 0.3) is 0 Å². The van der Waals surface area contributed by atoms with Gasteiger partial charge >= 0.3 is 0 Å². The SMILES string of the molecule is C/C=C1/CN=C(c2c(F)cccc2F)C2C=C(Cl)C=CC2C1=N. The molecule has 1 heterocycles. The normalized spacial score (nSPS) is 25.7. The molecule has 1 aliphatic carbocycles. The van der Waals surface area contributed by atoms with Crippen molar-refractivity contribution in [2.75, 3.05) is 6.54 Å². The Hall–Kier alpha value is -2.07. The fourth-order valence-corrected chi connectivity index (χ4v) is 3.19. The molecule has 0 saturated heterocycles. The highest BCUT2D eigenvalue weighted by Gasteiger charge is 2.34. The second-order valence-corrected chi connectivity index (χ2v) is 5.92. The molecule has 0 spiro atoms. The van der Waals surface area contributed by atoms with Crippen LogP contribution in [-0.2, 0) is 0 Å². The number of halogens is 3. The van der Waals surface area contributed by atoms with Crippen molar-refractivity contribution in [3.8, 4) is 0 Å². The summed E-state index contributed by atoms with van der Waals surface area (Å²) < 4.78 is 28.5. The summed E-state index contributed by atoms with van der Waals surface area (Å²) >= 11 is 6.09. The van der Waals surface area contributed by atoms with Crippen LogP contribution < -0.4 is 0 Å². The van der Waals surface area contributed by atoms with E-state index in [4.69, 9.17) is 17.0 Å². The fourth-order valence-electron chi connectivity index (χ4n) is 2.98. The van der Waals surface area contributed by atoms with Crippen LogP contribution in [0.1, 0.15) is 12.5 Å². The Balaban J connectivity index is 2.20. The third kappa shape index (κ3) is 2.79. The average molecular weight is 333 g/mol. The lowest BCUT2D eigenvalue weighted by Gasteiger charge is -2.25. The number of aliphatic imine (C=N–C) groups is 1. The first-order valence-corrected chi connectivity index (χ1v) is 7.69. The molecule has 0 aromatic heterocycles. The van der Waals surface area contributed by atoms with Crippen LogP contribution in [0.4, 0.5) is 8.78 Å². The molecule has 0 fully saturated rings. The maximum Gasteiger partial charge on any atom is 0.135 e. The molecule has 2 atom stereocenters. The Morgan fingerprint density at radius 1 is 1.26 bits per heavy atom. The van der Waals surface area contributed by atoms with E-state index in [0.717, 1.165) is 5.57 Å². The van der Waals surface area contributed by atoms with Crippen molar-refractivity contribution < 1.29 is 8.78 Å². The molecule has 3 rings (SSSR count). The lowest BCUT2D eigenvalue weighted by Crippen LogP contribution is -2.29. The molecule has 2 nitrogen and oxygen atoms in total. The van der Waals surface area contributed by atoms with E-state index in [-0.39, 0.29) is 18.0 Å². The molecule has 1 aromatic rings. The molecule has 1 N–H and O–H groups in total. The van der Waals surface area contributed by atoms with Gasteiger partial charge in [0, 0.05) is 22.6 Å². The Morgan fingerprint density at radius 3 is 2.61 bits per heavy atom. The maximum atomic E-state index is 14.2. The van der Waals surface area contributed by atoms with Crippen molar-refractivity contribution in [2.45, 2.75) is 6.92 Å². The van der Waals surface area contributed by atoms with Crippen molar-refractivity contribution >= 4 is 23.0 Å². The van der Waals surface area contributed by atoms with Crippen LogP contribution in [-0.4, -0.2) is 18.0 Å². The summed E-state index contributed by atoms with van der Waals surface area (Å²) in [7, 11) is 0. The largest absolute Gasteiger partial charge is 0.304 e. The highest BCUT2D eigenvalue weighted by molar-refractivity contribution is 6.31. The third-order valence-corrected chi connectivity index (χ3v) is 4.42. The molecule has 0 radical (unpaired) electrons. The van der Waals surface area contributed by atoms with Crippen molar-refractivity contribution in [2.24, 2.45) is 16.8 Å². The molecule has 2 unspecified atom stereocenters. The Kier molecular flexibility index (Phi) is 4.26. The number of fused-ring (bicyclic) bond motifs is 1. The minimum absolute atomic E-state index is 0.135. The van der Waals surface area contributed by atoms with Gasteiger partial charge in [-0.1, -0.05) is 35.9 Å². The summed E-state index contributed by atoms with van der Waals surface area (Å²) in [6, 6.07) is 3.76. The van der Waals surface area contributed by atoms with E-state index >= 15 is 0 Å². The number of benzene rings is 1. The van der Waals surface area contributed by atoms with Crippen molar-refractivity contribution in [1.82, 2.24) is 0 Å². The molecule has 5 heteroatoms. The Labute approximate surface area is 138 Å². The van der Waals surface area contributed by atoms with Gasteiger partial charge in [-0.05, 0) is 30.7 Å². The van der Waals surface area contributed by atoms with Gasteiger partial charge in [0.25, 0.3) is 0 Å². The van der Waals surface area contributed by atoms with Gasteiger partial charge in [0.1, 0.15) is 11.6 Å². The van der Waals surface area contributed by atoms with Crippen LogP contribution >= 0.6 is 11.6 Å². The number of hydrogen-bond acceptors (Lipinski definition) is 2. The monoisotopic (exact) mass is 332 g/mol. The van der Waals surface area contributed by atoms with E-state index in [0.29, 0.717) is 16.5 Å². The number of rotatable bonds is 1. The smallest absolute Gasteiger partial charge is 0.135 e. The van der Waals surface area contributed by atoms with Gasteiger partial charge in [-0.3, -0.25) is 4.99 Å². The van der Waals surface area contributed by atoms with E-state index in [2.05, 4.69) is 4.99 Å². The van der Waals surface area contributed by atoms with Crippen LogP contribution in [0.15, 0.2) is 58.1 Å². The summed E-state index contributed by atoms with van der Waals surface area (Å²) in [4.78, 5) is 4.43. The van der Waals surface area contributed by atoms with Gasteiger partial charge in [0.2, 0.25) is 0 Å². The predicted octanol–water partition coefficient (Wildman–Crippen LogP) is 4.66. The van der Waals surface area contributed by atoms with Crippen LogP contribution in [0.3, 0.4) is 0 Å². The van der Waals surface area contributed by atoms with Crippen LogP contribution in [0.2, 0.25) is 0 Å². The zero-order valence-corrected chi connectivity index (χ0v) is 13.2. The number of nitrogens with zero attached hydrogens (tertiary/aromatic N) is 1. The van der Waals surface area contributed by atoms with E-state index in [1.165, 1.54) is 18.2 Å². The van der Waals surface area contributed by atoms with Crippen molar-refractivity contribution in [3.63, 3.8) is 0 Å². The molecule has 1 aromatic carbocycles. The Morgan fingerprint density at radius 2 is 1.96 bits per heavy atom. The molecule has 0 bridgehead atoms. The second kappa shape index (κ2) is 6.20. The standard InChI is InChI=1S/C18H15ClF2N2/c1-2-10-9-23-18(16-14(20)4-3-5-15(16)21)13-8-11(19)6-7-12(13)17(10)22/h2-8,12-13,22H,9H2,1H3/b10-2-,22-17?. The lowest BCUT2D eigenvalue weighted by molar-refractivity contribution is 0.574. The first kappa shape index (κ1) is 15.8. The molecule has 0 saturated carbocycles. The highest BCUT2D eigenvalue weighted by Crippen LogP contribution is 2.34. The molecular weight excluding hydrogens is 318 g/mol. The topological polar surface area (TPSA) is 36.2 Å². The van der Waals surface area contributed by atoms with Gasteiger partial charge < -0.3 is 5.41 Å². The second-order valence-electron chi connectivity index (χ2n) is 5.49. The third-order valence-electron chi connectivity index (χ3n) is 4.17. The maximum absolute atomic E-state index is 14.2. The van der Waals surface area contributed by atoms with Gasteiger partial charge in [-0.15, -0.1) is 0 Å². The van der Waals surface area contributed by atoms with E-state index in [1.807, 2.05) is 13.0 Å². The zero-order valence-electron chi connectivity index (χ0n) is 12.5. The molecule has 118 valence electrons. The van der Waals surface area contributed by atoms with Crippen LogP contribution in [0.5, 0.6) is 0 Å². The highest BCUT2D eigenvalue weighted by atomic mass is 35.5. The summed E-state index contributed by atoms with van der Waals surface area (Å²) in [6.07, 6.45) is 7.05. The number of hydrogen-bond donors (Lipinski definition) is 1. The Bertz CT molecular complexity index is 770. The van der Waals surface area contributed by atoms with E-state index < -0.39 is 17.6 Å². The summed E-state index contributed by atoms with van der Waals surface area (Å²) in [5.74, 6) is -2.10. The summed E-state index contributed by atoms with van der Waals surface area (Å²) in [6.45, 7) is 2.06. The molecule has 1 aliphatic heterocycles.